The molecule has 0 aliphatic heterocycles. The number of fused-ring (bicyclic) bond motifs is 1. The van der Waals surface area contributed by atoms with Crippen molar-refractivity contribution < 1.29 is 9.63 Å². The van der Waals surface area contributed by atoms with E-state index in [4.69, 9.17) is 9.63 Å². The number of anilines is 1. The van der Waals surface area contributed by atoms with Crippen molar-refractivity contribution in [2.75, 3.05) is 11.9 Å². The fraction of sp³-hybridized carbons (Fsp3) is 0.500. The topological polar surface area (TPSA) is 84.1 Å². The van der Waals surface area contributed by atoms with E-state index < -0.39 is 0 Å². The van der Waals surface area contributed by atoms with E-state index in [9.17, 15) is 0 Å². The van der Waals surface area contributed by atoms with Crippen LogP contribution in [0.25, 0.3) is 11.1 Å². The monoisotopic (exact) mass is 222 g/mol. The number of aromatic nitrogens is 3. The molecule has 6 nitrogen and oxygen atoms in total. The maximum absolute atomic E-state index is 9.13. The molecule has 0 saturated heterocycles. The van der Waals surface area contributed by atoms with Crippen LogP contribution in [0.4, 0.5) is 5.82 Å². The number of nitrogens with zero attached hydrogens (tertiary/aromatic N) is 3. The van der Waals surface area contributed by atoms with E-state index in [1.807, 2.05) is 13.8 Å². The van der Waals surface area contributed by atoms with E-state index in [-0.39, 0.29) is 12.6 Å². The molecule has 0 amide bonds. The van der Waals surface area contributed by atoms with Crippen molar-refractivity contribution in [3.63, 3.8) is 0 Å². The molecule has 0 bridgehead atoms. The Kier molecular flexibility index (Phi) is 3.00. The third-order valence-electron chi connectivity index (χ3n) is 2.50. The van der Waals surface area contributed by atoms with Gasteiger partial charge in [0.1, 0.15) is 17.5 Å². The zero-order valence-electron chi connectivity index (χ0n) is 9.27. The highest BCUT2D eigenvalue weighted by atomic mass is 16.5. The molecular weight excluding hydrogens is 208 g/mol. The minimum Gasteiger partial charge on any atom is -0.394 e. The summed E-state index contributed by atoms with van der Waals surface area (Å²) < 4.78 is 5.03. The van der Waals surface area contributed by atoms with Gasteiger partial charge in [0.05, 0.1) is 18.3 Å². The summed E-state index contributed by atoms with van der Waals surface area (Å²) in [5.74, 6) is 0.657. The summed E-state index contributed by atoms with van der Waals surface area (Å²) in [7, 11) is 0. The highest BCUT2D eigenvalue weighted by Crippen LogP contribution is 2.22. The molecule has 0 radical (unpaired) electrons. The molecule has 0 fully saturated rings. The predicted molar refractivity (Wildman–Crippen MR) is 59.1 cm³/mol. The molecule has 2 heterocycles. The van der Waals surface area contributed by atoms with Gasteiger partial charge in [-0.3, -0.25) is 0 Å². The lowest BCUT2D eigenvalue weighted by Gasteiger charge is -2.14. The lowest BCUT2D eigenvalue weighted by molar-refractivity contribution is 0.271. The molecule has 0 aromatic carbocycles. The lowest BCUT2D eigenvalue weighted by Crippen LogP contribution is -2.23. The van der Waals surface area contributed by atoms with Crippen molar-refractivity contribution in [1.29, 1.82) is 0 Å². The summed E-state index contributed by atoms with van der Waals surface area (Å²) >= 11 is 0. The highest BCUT2D eigenvalue weighted by molar-refractivity contribution is 5.87. The third kappa shape index (κ3) is 1.83. The van der Waals surface area contributed by atoms with Crippen molar-refractivity contribution in [1.82, 2.24) is 15.1 Å². The molecule has 1 atom stereocenters. The van der Waals surface area contributed by atoms with Crippen LogP contribution < -0.4 is 5.32 Å². The van der Waals surface area contributed by atoms with Crippen LogP contribution in [-0.4, -0.2) is 32.9 Å². The maximum atomic E-state index is 9.13. The molecule has 0 aliphatic rings. The summed E-state index contributed by atoms with van der Waals surface area (Å²) in [4.78, 5) is 8.12. The summed E-state index contributed by atoms with van der Waals surface area (Å²) in [5, 5.41) is 16.9. The number of hydrogen-bond donors (Lipinski definition) is 2. The number of aliphatic hydroxyl groups excluding tert-OH is 1. The quantitative estimate of drug-likeness (QED) is 0.806. The van der Waals surface area contributed by atoms with Crippen LogP contribution in [0.2, 0.25) is 0 Å². The van der Waals surface area contributed by atoms with E-state index in [0.29, 0.717) is 11.5 Å². The van der Waals surface area contributed by atoms with Gasteiger partial charge >= 0.3 is 0 Å². The summed E-state index contributed by atoms with van der Waals surface area (Å²) in [5.41, 5.74) is 1.20. The zero-order valence-corrected chi connectivity index (χ0v) is 9.27. The normalized spacial score (nSPS) is 12.9. The highest BCUT2D eigenvalue weighted by Gasteiger charge is 2.14. The minimum absolute atomic E-state index is 0.0209. The molecule has 0 unspecified atom stereocenters. The zero-order chi connectivity index (χ0) is 11.5. The van der Waals surface area contributed by atoms with Crippen molar-refractivity contribution in [2.24, 2.45) is 0 Å². The number of aliphatic hydroxyl groups is 1. The Morgan fingerprint density at radius 1 is 1.50 bits per heavy atom. The van der Waals surface area contributed by atoms with Crippen LogP contribution >= 0.6 is 0 Å². The first kappa shape index (κ1) is 10.8. The molecular formula is C10H14N4O2. The van der Waals surface area contributed by atoms with Crippen LogP contribution in [-0.2, 0) is 0 Å². The van der Waals surface area contributed by atoms with Gasteiger partial charge in [0.25, 0.3) is 5.71 Å². The Labute approximate surface area is 92.7 Å². The smallest absolute Gasteiger partial charge is 0.263 e. The third-order valence-corrected chi connectivity index (χ3v) is 2.50. The molecule has 2 rings (SSSR count). The van der Waals surface area contributed by atoms with Crippen molar-refractivity contribution in [3.05, 3.63) is 12.0 Å². The van der Waals surface area contributed by atoms with Gasteiger partial charge in [-0.2, -0.15) is 4.98 Å². The van der Waals surface area contributed by atoms with Gasteiger partial charge in [-0.05, 0) is 13.3 Å². The van der Waals surface area contributed by atoms with Gasteiger partial charge < -0.3 is 14.9 Å². The molecule has 0 saturated carbocycles. The Morgan fingerprint density at radius 3 is 3.00 bits per heavy atom. The van der Waals surface area contributed by atoms with Gasteiger partial charge in [-0.15, -0.1) is 0 Å². The number of aryl methyl sites for hydroxylation is 1. The fourth-order valence-corrected chi connectivity index (χ4v) is 1.50. The molecule has 2 aromatic heterocycles. The Bertz CT molecular complexity index is 479. The van der Waals surface area contributed by atoms with Crippen molar-refractivity contribution in [3.8, 4) is 0 Å². The van der Waals surface area contributed by atoms with E-state index >= 15 is 0 Å². The van der Waals surface area contributed by atoms with E-state index in [2.05, 4.69) is 20.4 Å². The van der Waals surface area contributed by atoms with Crippen LogP contribution in [0, 0.1) is 6.92 Å². The molecule has 16 heavy (non-hydrogen) atoms. The lowest BCUT2D eigenvalue weighted by atomic mass is 10.2. The fourth-order valence-electron chi connectivity index (χ4n) is 1.50. The Balaban J connectivity index is 2.39. The number of nitrogens with one attached hydrogen (secondary N) is 1. The average Bonchev–Trinajstić information content (AvgIpc) is 2.69. The van der Waals surface area contributed by atoms with Gasteiger partial charge in [0.15, 0.2) is 0 Å². The van der Waals surface area contributed by atoms with E-state index in [1.54, 1.807) is 0 Å². The Morgan fingerprint density at radius 2 is 2.31 bits per heavy atom. The second kappa shape index (κ2) is 4.44. The molecule has 2 N–H and O–H groups in total. The first-order valence-corrected chi connectivity index (χ1v) is 5.20. The second-order valence-corrected chi connectivity index (χ2v) is 3.60. The van der Waals surface area contributed by atoms with Gasteiger partial charge in [0.2, 0.25) is 0 Å². The minimum atomic E-state index is -0.0209. The molecule has 0 spiro atoms. The number of hydrogen-bond acceptors (Lipinski definition) is 6. The molecule has 0 aliphatic carbocycles. The van der Waals surface area contributed by atoms with Gasteiger partial charge in [0, 0.05) is 0 Å². The average molecular weight is 222 g/mol. The van der Waals surface area contributed by atoms with E-state index in [1.165, 1.54) is 6.33 Å². The molecule has 6 heteroatoms. The van der Waals surface area contributed by atoms with Crippen molar-refractivity contribution in [2.45, 2.75) is 26.3 Å². The van der Waals surface area contributed by atoms with Crippen LogP contribution in [0.3, 0.4) is 0 Å². The number of rotatable bonds is 4. The maximum Gasteiger partial charge on any atom is 0.263 e. The Hall–Kier alpha value is -1.69. The van der Waals surface area contributed by atoms with E-state index in [0.717, 1.165) is 17.5 Å². The van der Waals surface area contributed by atoms with Crippen LogP contribution in [0.15, 0.2) is 10.9 Å². The van der Waals surface area contributed by atoms with Gasteiger partial charge in [-0.25, -0.2) is 4.98 Å². The second-order valence-electron chi connectivity index (χ2n) is 3.60. The first-order valence-electron chi connectivity index (χ1n) is 5.20. The van der Waals surface area contributed by atoms with Crippen molar-refractivity contribution >= 4 is 16.9 Å². The van der Waals surface area contributed by atoms with Crippen LogP contribution in [0.5, 0.6) is 0 Å². The molecule has 2 aromatic rings. The SMILES string of the molecule is CC[C@@H](CO)Nc1ncnc2onc(C)c12. The summed E-state index contributed by atoms with van der Waals surface area (Å²) in [6, 6.07) is -0.0209. The standard InChI is InChI=1S/C10H14N4O2/c1-3-7(4-15)13-9-8-6(2)14-16-10(8)12-5-11-9/h5,7,15H,3-4H2,1-2H3,(H,11,12,13)/t7-/m0/s1. The largest absolute Gasteiger partial charge is 0.394 e. The molecule has 86 valence electrons. The summed E-state index contributed by atoms with van der Waals surface area (Å²) in [6.45, 7) is 3.89. The van der Waals surface area contributed by atoms with Gasteiger partial charge in [-0.1, -0.05) is 12.1 Å². The predicted octanol–water partition coefficient (Wildman–Crippen LogP) is 1.11. The summed E-state index contributed by atoms with van der Waals surface area (Å²) in [6.07, 6.45) is 2.23. The van der Waals surface area contributed by atoms with Crippen LogP contribution in [0.1, 0.15) is 19.0 Å². The first-order chi connectivity index (χ1) is 7.76.